The number of carboxylic acids is 1. The van der Waals surface area contributed by atoms with Crippen LogP contribution in [0.2, 0.25) is 0 Å². The Bertz CT molecular complexity index is 432. The first kappa shape index (κ1) is 12.5. The lowest BCUT2D eigenvalue weighted by molar-refractivity contribution is -0.138. The van der Waals surface area contributed by atoms with E-state index in [0.29, 0.717) is 10.8 Å². The van der Waals surface area contributed by atoms with Crippen LogP contribution in [-0.4, -0.2) is 41.1 Å². The van der Waals surface area contributed by atoms with E-state index in [1.165, 1.54) is 11.3 Å². The van der Waals surface area contributed by atoms with E-state index in [4.69, 9.17) is 10.8 Å². The van der Waals surface area contributed by atoms with Crippen LogP contribution in [0.3, 0.4) is 0 Å². The van der Waals surface area contributed by atoms with E-state index in [2.05, 4.69) is 16.9 Å². The quantitative estimate of drug-likeness (QED) is 0.841. The van der Waals surface area contributed by atoms with Crippen molar-refractivity contribution in [1.29, 1.82) is 0 Å². The zero-order valence-corrected chi connectivity index (χ0v) is 10.8. The molecule has 0 amide bonds. The summed E-state index contributed by atoms with van der Waals surface area (Å²) in [5, 5.41) is 9.95. The number of carboxylic acid groups (broad SMARTS) is 1. The van der Waals surface area contributed by atoms with Crippen LogP contribution in [-0.2, 0) is 4.79 Å². The number of hydrogen-bond acceptors (Lipinski definition) is 5. The van der Waals surface area contributed by atoms with E-state index < -0.39 is 12.0 Å². The normalized spacial score (nSPS) is 22.9. The summed E-state index contributed by atoms with van der Waals surface area (Å²) in [5.41, 5.74) is 6.40. The Kier molecular flexibility index (Phi) is 3.46. The van der Waals surface area contributed by atoms with Crippen LogP contribution in [0, 0.1) is 6.92 Å². The number of hydrogen-bond donors (Lipinski definition) is 2. The monoisotopic (exact) mass is 255 g/mol. The lowest BCUT2D eigenvalue weighted by atomic mass is 10.1. The largest absolute Gasteiger partial charge is 0.480 e. The predicted octanol–water partition coefficient (Wildman–Crippen LogP) is 0.955. The molecule has 1 saturated heterocycles. The lowest BCUT2D eigenvalue weighted by Gasteiger charge is -2.06. The second kappa shape index (κ2) is 4.72. The smallest absolute Gasteiger partial charge is 0.326 e. The molecule has 1 aliphatic rings. The van der Waals surface area contributed by atoms with Gasteiger partial charge in [-0.2, -0.15) is 0 Å². The van der Waals surface area contributed by atoms with E-state index in [9.17, 15) is 4.79 Å². The van der Waals surface area contributed by atoms with Gasteiger partial charge in [0.1, 0.15) is 6.04 Å². The molecule has 6 heteroatoms. The molecule has 2 heterocycles. The van der Waals surface area contributed by atoms with Crippen molar-refractivity contribution in [2.24, 2.45) is 5.73 Å². The molecule has 3 N–H and O–H groups in total. The third-order valence-corrected chi connectivity index (χ3v) is 4.54. The van der Waals surface area contributed by atoms with Gasteiger partial charge in [0.15, 0.2) is 0 Å². The Balaban J connectivity index is 2.21. The van der Waals surface area contributed by atoms with Gasteiger partial charge in [-0.15, -0.1) is 11.3 Å². The average Bonchev–Trinajstić information content (AvgIpc) is 2.83. The van der Waals surface area contributed by atoms with E-state index >= 15 is 0 Å². The van der Waals surface area contributed by atoms with Crippen molar-refractivity contribution in [2.45, 2.75) is 25.3 Å². The highest BCUT2D eigenvalue weighted by atomic mass is 32.1. The van der Waals surface area contributed by atoms with Gasteiger partial charge in [-0.3, -0.25) is 4.79 Å². The maximum absolute atomic E-state index is 10.9. The summed E-state index contributed by atoms with van der Waals surface area (Å²) in [6.07, 6.45) is 1.09. The van der Waals surface area contributed by atoms with E-state index in [1.54, 1.807) is 0 Å². The highest BCUT2D eigenvalue weighted by Crippen LogP contribution is 2.33. The van der Waals surface area contributed by atoms with Gasteiger partial charge >= 0.3 is 5.97 Å². The summed E-state index contributed by atoms with van der Waals surface area (Å²) in [6.45, 7) is 3.90. The predicted molar refractivity (Wildman–Crippen MR) is 66.3 cm³/mol. The van der Waals surface area contributed by atoms with Crippen LogP contribution in [0.25, 0.3) is 0 Å². The van der Waals surface area contributed by atoms with E-state index in [-0.39, 0.29) is 0 Å². The van der Waals surface area contributed by atoms with Crippen molar-refractivity contribution in [3.05, 3.63) is 15.6 Å². The average molecular weight is 255 g/mol. The van der Waals surface area contributed by atoms with Crippen LogP contribution in [0.5, 0.6) is 0 Å². The summed E-state index contributed by atoms with van der Waals surface area (Å²) in [5.74, 6) is -0.565. The van der Waals surface area contributed by atoms with Crippen LogP contribution >= 0.6 is 11.3 Å². The fourth-order valence-corrected chi connectivity index (χ4v) is 3.33. The van der Waals surface area contributed by atoms with Crippen LogP contribution in [0.15, 0.2) is 0 Å². The zero-order chi connectivity index (χ0) is 12.6. The van der Waals surface area contributed by atoms with Crippen molar-refractivity contribution in [1.82, 2.24) is 9.88 Å². The minimum absolute atomic E-state index is 0.429. The maximum Gasteiger partial charge on any atom is 0.326 e. The second-order valence-electron chi connectivity index (χ2n) is 4.57. The second-order valence-corrected chi connectivity index (χ2v) is 5.63. The topological polar surface area (TPSA) is 79.5 Å². The molecule has 1 fully saturated rings. The summed E-state index contributed by atoms with van der Waals surface area (Å²) in [6, 6.07) is -0.944. The molecule has 0 spiro atoms. The molecule has 1 aromatic heterocycles. The molecule has 1 aromatic rings. The molecule has 0 bridgehead atoms. The molecule has 0 aliphatic carbocycles. The van der Waals surface area contributed by atoms with Gasteiger partial charge in [0.25, 0.3) is 0 Å². The molecule has 0 aromatic carbocycles. The molecule has 2 atom stereocenters. The van der Waals surface area contributed by atoms with E-state index in [1.807, 2.05) is 6.92 Å². The van der Waals surface area contributed by atoms with Crippen molar-refractivity contribution in [3.63, 3.8) is 0 Å². The summed E-state index contributed by atoms with van der Waals surface area (Å²) < 4.78 is 0. The van der Waals surface area contributed by atoms with E-state index in [0.717, 1.165) is 30.2 Å². The first-order valence-electron chi connectivity index (χ1n) is 5.63. The number of likely N-dealkylation sites (N-methyl/N-ethyl adjacent to an activating group) is 1. The van der Waals surface area contributed by atoms with Gasteiger partial charge in [0.05, 0.1) is 15.6 Å². The number of thiazole rings is 1. The van der Waals surface area contributed by atoms with Gasteiger partial charge < -0.3 is 15.7 Å². The standard InChI is InChI=1S/C11H17N3O2S/c1-6-9(8(12)11(15)16)17-10(13-6)7-3-4-14(2)5-7/h7-8H,3-5,12H2,1-2H3,(H,15,16). The summed E-state index contributed by atoms with van der Waals surface area (Å²) >= 11 is 1.45. The zero-order valence-electron chi connectivity index (χ0n) is 10.0. The summed E-state index contributed by atoms with van der Waals surface area (Å²) in [7, 11) is 2.09. The molecule has 2 rings (SSSR count). The molecule has 0 radical (unpaired) electrons. The molecular formula is C11H17N3O2S. The molecule has 5 nitrogen and oxygen atoms in total. The molecule has 1 aliphatic heterocycles. The Morgan fingerprint density at radius 2 is 2.41 bits per heavy atom. The number of aromatic nitrogens is 1. The minimum atomic E-state index is -0.994. The Morgan fingerprint density at radius 3 is 2.94 bits per heavy atom. The molecule has 94 valence electrons. The highest BCUT2D eigenvalue weighted by Gasteiger charge is 2.27. The summed E-state index contributed by atoms with van der Waals surface area (Å²) in [4.78, 5) is 18.3. The van der Waals surface area contributed by atoms with Crippen molar-refractivity contribution >= 4 is 17.3 Å². The Labute approximate surface area is 104 Å². The molecule has 2 unspecified atom stereocenters. The third-order valence-electron chi connectivity index (χ3n) is 3.14. The fraction of sp³-hybridized carbons (Fsp3) is 0.636. The number of carbonyl (C=O) groups is 1. The van der Waals surface area contributed by atoms with Crippen molar-refractivity contribution < 1.29 is 9.90 Å². The van der Waals surface area contributed by atoms with Gasteiger partial charge in [-0.25, -0.2) is 4.98 Å². The number of aryl methyl sites for hydroxylation is 1. The van der Waals surface area contributed by atoms with Gasteiger partial charge in [0.2, 0.25) is 0 Å². The van der Waals surface area contributed by atoms with Crippen molar-refractivity contribution in [3.8, 4) is 0 Å². The number of rotatable bonds is 3. The van der Waals surface area contributed by atoms with Crippen molar-refractivity contribution in [2.75, 3.05) is 20.1 Å². The maximum atomic E-state index is 10.9. The van der Waals surface area contributed by atoms with Gasteiger partial charge in [0, 0.05) is 12.5 Å². The third kappa shape index (κ3) is 2.48. The van der Waals surface area contributed by atoms with Crippen LogP contribution in [0.4, 0.5) is 0 Å². The van der Waals surface area contributed by atoms with Crippen LogP contribution < -0.4 is 5.73 Å². The SMILES string of the molecule is Cc1nc(C2CCN(C)C2)sc1C(N)C(=O)O. The first-order valence-corrected chi connectivity index (χ1v) is 6.45. The Morgan fingerprint density at radius 1 is 1.71 bits per heavy atom. The lowest BCUT2D eigenvalue weighted by Crippen LogP contribution is -2.20. The number of nitrogens with zero attached hydrogens (tertiary/aromatic N) is 2. The fourth-order valence-electron chi connectivity index (χ4n) is 2.14. The van der Waals surface area contributed by atoms with Gasteiger partial charge in [-0.1, -0.05) is 0 Å². The Hall–Kier alpha value is -0.980. The number of aliphatic carboxylic acids is 1. The first-order chi connectivity index (χ1) is 7.99. The highest BCUT2D eigenvalue weighted by molar-refractivity contribution is 7.12. The molecule has 17 heavy (non-hydrogen) atoms. The number of nitrogens with two attached hydrogens (primary N) is 1. The minimum Gasteiger partial charge on any atom is -0.480 e. The molecule has 0 saturated carbocycles. The number of likely N-dealkylation sites (tertiary alicyclic amines) is 1. The van der Waals surface area contributed by atoms with Gasteiger partial charge in [-0.05, 0) is 26.9 Å². The van der Waals surface area contributed by atoms with Crippen LogP contribution in [0.1, 0.15) is 34.0 Å². The molecular weight excluding hydrogens is 238 g/mol.